The number of carbonyl (C=O) groups excluding carboxylic acids is 2. The second-order valence-electron chi connectivity index (χ2n) is 4.80. The molecule has 0 aliphatic heterocycles. The van der Waals surface area contributed by atoms with Gasteiger partial charge in [-0.2, -0.15) is 17.2 Å². The minimum atomic E-state index is -5.76. The molecule has 136 valence electrons. The summed E-state index contributed by atoms with van der Waals surface area (Å²) < 4.78 is 69.8. The normalized spacial score (nSPS) is 16.3. The van der Waals surface area contributed by atoms with Crippen LogP contribution >= 0.6 is 0 Å². The number of esters is 2. The predicted molar refractivity (Wildman–Crippen MR) is 73.0 cm³/mol. The number of carbonyl (C=O) groups is 2. The first-order valence-corrected chi connectivity index (χ1v) is 8.13. The first-order chi connectivity index (χ1) is 10.3. The molecule has 2 atom stereocenters. The first kappa shape index (κ1) is 21.7. The molecule has 0 bridgehead atoms. The molecule has 0 rings (SSSR count). The van der Waals surface area contributed by atoms with Gasteiger partial charge >= 0.3 is 33.1 Å². The van der Waals surface area contributed by atoms with Gasteiger partial charge in [-0.05, 0) is 13.3 Å². The molecule has 0 aromatic heterocycles. The molecule has 0 aliphatic carbocycles. The Morgan fingerprint density at radius 1 is 1.26 bits per heavy atom. The van der Waals surface area contributed by atoms with Crippen LogP contribution in [0.4, 0.5) is 8.78 Å². The molecule has 0 saturated carbocycles. The topological polar surface area (TPSA) is 116 Å². The fourth-order valence-corrected chi connectivity index (χ4v) is 1.36. The summed E-state index contributed by atoms with van der Waals surface area (Å²) in [5.74, 6) is -5.44. The van der Waals surface area contributed by atoms with Gasteiger partial charge in [0.1, 0.15) is 6.61 Å². The van der Waals surface area contributed by atoms with Gasteiger partial charge in [-0.1, -0.05) is 13.8 Å². The third-order valence-corrected chi connectivity index (χ3v) is 3.72. The Morgan fingerprint density at radius 2 is 1.78 bits per heavy atom. The van der Waals surface area contributed by atoms with Gasteiger partial charge in [0.2, 0.25) is 0 Å². The Kier molecular flexibility index (Phi) is 7.51. The lowest BCUT2D eigenvalue weighted by atomic mass is 10.1. The van der Waals surface area contributed by atoms with Crippen LogP contribution in [-0.2, 0) is 33.9 Å². The zero-order valence-electron chi connectivity index (χ0n) is 13.2. The van der Waals surface area contributed by atoms with Crippen molar-refractivity contribution in [1.82, 2.24) is 0 Å². The van der Waals surface area contributed by atoms with Crippen LogP contribution in [0.3, 0.4) is 0 Å². The first-order valence-electron chi connectivity index (χ1n) is 6.69. The van der Waals surface area contributed by atoms with E-state index < -0.39 is 45.6 Å². The molecule has 0 saturated heterocycles. The van der Waals surface area contributed by atoms with Gasteiger partial charge in [0.05, 0.1) is 12.5 Å². The van der Waals surface area contributed by atoms with E-state index in [-0.39, 0.29) is 6.61 Å². The molecule has 23 heavy (non-hydrogen) atoms. The molecule has 0 radical (unpaired) electrons. The molecule has 0 amide bonds. The monoisotopic (exact) mass is 362 g/mol. The average Bonchev–Trinajstić information content (AvgIpc) is 2.43. The maximum atomic E-state index is 13.2. The lowest BCUT2D eigenvalue weighted by Crippen LogP contribution is -2.48. The van der Waals surface area contributed by atoms with E-state index in [1.165, 1.54) is 13.8 Å². The van der Waals surface area contributed by atoms with Crippen molar-refractivity contribution in [2.75, 3.05) is 13.2 Å². The van der Waals surface area contributed by atoms with Crippen LogP contribution in [0.15, 0.2) is 0 Å². The molecular formula is C12H20F2O8S. The second-order valence-corrected chi connectivity index (χ2v) is 6.35. The van der Waals surface area contributed by atoms with E-state index in [0.717, 1.165) is 6.92 Å². The molecule has 0 aliphatic rings. The number of ether oxygens (including phenoxy) is 3. The van der Waals surface area contributed by atoms with Crippen molar-refractivity contribution >= 4 is 22.1 Å². The summed E-state index contributed by atoms with van der Waals surface area (Å²) in [5.41, 5.74) is 0. The van der Waals surface area contributed by atoms with Crippen LogP contribution in [0.25, 0.3) is 0 Å². The quantitative estimate of drug-likeness (QED) is 0.371. The minimum absolute atomic E-state index is 0.159. The Hall–Kier alpha value is -1.33. The highest BCUT2D eigenvalue weighted by Crippen LogP contribution is 2.26. The van der Waals surface area contributed by atoms with Crippen molar-refractivity contribution in [3.8, 4) is 0 Å². The van der Waals surface area contributed by atoms with E-state index in [2.05, 4.69) is 9.47 Å². The Bertz CT molecular complexity index is 533. The second kappa shape index (κ2) is 7.97. The van der Waals surface area contributed by atoms with Crippen molar-refractivity contribution in [1.29, 1.82) is 0 Å². The molecule has 2 unspecified atom stereocenters. The van der Waals surface area contributed by atoms with E-state index in [0.29, 0.717) is 6.42 Å². The smallest absolute Gasteiger partial charge is 0.392 e. The van der Waals surface area contributed by atoms with Crippen molar-refractivity contribution in [3.05, 3.63) is 0 Å². The van der Waals surface area contributed by atoms with E-state index in [1.807, 2.05) is 0 Å². The van der Waals surface area contributed by atoms with Gasteiger partial charge in [0, 0.05) is 6.92 Å². The summed E-state index contributed by atoms with van der Waals surface area (Å²) in [6.45, 7) is 3.32. The fourth-order valence-electron chi connectivity index (χ4n) is 1.15. The maximum absolute atomic E-state index is 13.2. The Labute approximate surface area is 132 Å². The van der Waals surface area contributed by atoms with Crippen molar-refractivity contribution in [2.45, 2.75) is 45.2 Å². The van der Waals surface area contributed by atoms with Crippen molar-refractivity contribution in [2.24, 2.45) is 5.92 Å². The zero-order chi connectivity index (χ0) is 18.5. The van der Waals surface area contributed by atoms with Crippen LogP contribution < -0.4 is 0 Å². The van der Waals surface area contributed by atoms with Crippen molar-refractivity contribution in [3.63, 3.8) is 0 Å². The SMILES string of the molecule is CCOC(=O)C(C)(OCC(F)(F)S(=O)(=O)O)OC(=O)C(C)CC. The van der Waals surface area contributed by atoms with Crippen LogP contribution in [0.5, 0.6) is 0 Å². The maximum Gasteiger partial charge on any atom is 0.392 e. The largest absolute Gasteiger partial charge is 0.461 e. The summed E-state index contributed by atoms with van der Waals surface area (Å²) in [4.78, 5) is 23.6. The van der Waals surface area contributed by atoms with Gasteiger partial charge in [-0.3, -0.25) is 9.35 Å². The van der Waals surface area contributed by atoms with Crippen LogP contribution in [0.1, 0.15) is 34.1 Å². The molecule has 0 fully saturated rings. The summed E-state index contributed by atoms with van der Waals surface area (Å²) in [5, 5.41) is -4.69. The molecule has 1 N–H and O–H groups in total. The highest BCUT2D eigenvalue weighted by atomic mass is 32.2. The molecular weight excluding hydrogens is 342 g/mol. The van der Waals surface area contributed by atoms with Gasteiger partial charge in [-0.25, -0.2) is 4.79 Å². The number of halogens is 2. The Balaban J connectivity index is 5.30. The Morgan fingerprint density at radius 3 is 2.17 bits per heavy atom. The average molecular weight is 362 g/mol. The number of rotatable bonds is 9. The lowest BCUT2D eigenvalue weighted by Gasteiger charge is -2.29. The fraction of sp³-hybridized carbons (Fsp3) is 0.833. The van der Waals surface area contributed by atoms with Gasteiger partial charge in [0.15, 0.2) is 0 Å². The van der Waals surface area contributed by atoms with E-state index in [4.69, 9.17) is 9.29 Å². The zero-order valence-corrected chi connectivity index (χ0v) is 14.0. The lowest BCUT2D eigenvalue weighted by molar-refractivity contribution is -0.248. The third-order valence-electron chi connectivity index (χ3n) is 2.85. The molecule has 0 spiro atoms. The highest BCUT2D eigenvalue weighted by Gasteiger charge is 2.50. The van der Waals surface area contributed by atoms with Gasteiger partial charge < -0.3 is 14.2 Å². The summed E-state index contributed by atoms with van der Waals surface area (Å²) >= 11 is 0. The number of hydrogen-bond donors (Lipinski definition) is 1. The van der Waals surface area contributed by atoms with Gasteiger partial charge in [0.25, 0.3) is 0 Å². The van der Waals surface area contributed by atoms with Crippen LogP contribution in [0, 0.1) is 5.92 Å². The minimum Gasteiger partial charge on any atom is -0.461 e. The molecule has 0 heterocycles. The summed E-state index contributed by atoms with van der Waals surface area (Å²) in [6.07, 6.45) is 0.346. The van der Waals surface area contributed by atoms with E-state index in [1.54, 1.807) is 6.92 Å². The third kappa shape index (κ3) is 5.99. The number of hydrogen-bond acceptors (Lipinski definition) is 7. The van der Waals surface area contributed by atoms with Crippen molar-refractivity contribution < 1.29 is 45.6 Å². The van der Waals surface area contributed by atoms with Crippen LogP contribution in [0.2, 0.25) is 0 Å². The summed E-state index contributed by atoms with van der Waals surface area (Å²) in [6, 6.07) is 0. The molecule has 0 aromatic rings. The number of alkyl halides is 2. The molecule has 0 aromatic carbocycles. The standard InChI is InChI=1S/C12H20F2O8S/c1-5-8(3)9(15)22-11(4,10(16)20-6-2)21-7-12(13,14)23(17,18)19/h8H,5-7H2,1-4H3,(H,17,18,19). The summed E-state index contributed by atoms with van der Waals surface area (Å²) in [7, 11) is -5.76. The van der Waals surface area contributed by atoms with Crippen LogP contribution in [-0.4, -0.2) is 49.2 Å². The molecule has 8 nitrogen and oxygen atoms in total. The predicted octanol–water partition coefficient (Wildman–Crippen LogP) is 1.35. The molecule has 11 heteroatoms. The highest BCUT2D eigenvalue weighted by molar-refractivity contribution is 7.86. The van der Waals surface area contributed by atoms with E-state index >= 15 is 0 Å². The van der Waals surface area contributed by atoms with Gasteiger partial charge in [-0.15, -0.1) is 0 Å². The van der Waals surface area contributed by atoms with E-state index in [9.17, 15) is 26.8 Å².